The average Bonchev–Trinajstić information content (AvgIpc) is 2.67. The fraction of sp³-hybridized carbons (Fsp3) is 0.727. The smallest absolute Gasteiger partial charge is 0.0928 e. The topological polar surface area (TPSA) is 47.3 Å². The van der Waals surface area contributed by atoms with Crippen LogP contribution in [0.5, 0.6) is 0 Å². The molecule has 1 saturated carbocycles. The van der Waals surface area contributed by atoms with Crippen molar-refractivity contribution in [2.45, 2.75) is 37.4 Å². The Kier molecular flexibility index (Phi) is 2.80. The van der Waals surface area contributed by atoms with Crippen molar-refractivity contribution in [3.8, 4) is 0 Å². The summed E-state index contributed by atoms with van der Waals surface area (Å²) in [6, 6.07) is 0. The highest BCUT2D eigenvalue weighted by Gasteiger charge is 2.35. The second kappa shape index (κ2) is 3.94. The van der Waals surface area contributed by atoms with Gasteiger partial charge in [0.2, 0.25) is 0 Å². The zero-order valence-corrected chi connectivity index (χ0v) is 9.31. The first kappa shape index (κ1) is 10.6. The van der Waals surface area contributed by atoms with Crippen LogP contribution in [0.25, 0.3) is 0 Å². The van der Waals surface area contributed by atoms with E-state index < -0.39 is 5.60 Å². The first-order chi connectivity index (χ1) is 7.14. The number of nitrogens with zero attached hydrogens (tertiary/aromatic N) is 2. The van der Waals surface area contributed by atoms with Gasteiger partial charge in [-0.2, -0.15) is 5.10 Å². The summed E-state index contributed by atoms with van der Waals surface area (Å²) in [6.07, 6.45) is 7.32. The Balaban J connectivity index is 2.09. The number of hydrogen-bond acceptors (Lipinski definition) is 3. The number of rotatable bonds is 2. The number of methoxy groups -OCH3 is 1. The van der Waals surface area contributed by atoms with Gasteiger partial charge in [0, 0.05) is 25.9 Å². The van der Waals surface area contributed by atoms with Gasteiger partial charge >= 0.3 is 0 Å². The average molecular weight is 210 g/mol. The highest BCUT2D eigenvalue weighted by atomic mass is 16.5. The summed E-state index contributed by atoms with van der Waals surface area (Å²) in [5.74, 6) is 0. The minimum atomic E-state index is -0.691. The van der Waals surface area contributed by atoms with Crippen LogP contribution in [0.4, 0.5) is 0 Å². The minimum absolute atomic E-state index is 0.307. The molecule has 1 fully saturated rings. The SMILES string of the molecule is COC1CCC(O)(c2cnn(C)c2)CC1. The lowest BCUT2D eigenvalue weighted by Gasteiger charge is -2.34. The van der Waals surface area contributed by atoms with Crippen LogP contribution in [0.3, 0.4) is 0 Å². The molecular weight excluding hydrogens is 192 g/mol. The van der Waals surface area contributed by atoms with Crippen molar-refractivity contribution < 1.29 is 9.84 Å². The van der Waals surface area contributed by atoms with Gasteiger partial charge in [0.1, 0.15) is 0 Å². The van der Waals surface area contributed by atoms with Crippen LogP contribution in [0, 0.1) is 0 Å². The van der Waals surface area contributed by atoms with Crippen LogP contribution in [0.15, 0.2) is 12.4 Å². The summed E-state index contributed by atoms with van der Waals surface area (Å²) in [5.41, 5.74) is 0.239. The lowest BCUT2D eigenvalue weighted by Crippen LogP contribution is -2.33. The molecule has 0 aromatic carbocycles. The fourth-order valence-electron chi connectivity index (χ4n) is 2.25. The summed E-state index contributed by atoms with van der Waals surface area (Å²) in [5, 5.41) is 14.6. The Morgan fingerprint density at radius 3 is 2.67 bits per heavy atom. The van der Waals surface area contributed by atoms with Gasteiger partial charge < -0.3 is 9.84 Å². The predicted octanol–water partition coefficient (Wildman–Crippen LogP) is 1.20. The zero-order valence-electron chi connectivity index (χ0n) is 9.31. The molecule has 0 bridgehead atoms. The van der Waals surface area contributed by atoms with Crippen LogP contribution < -0.4 is 0 Å². The molecule has 1 N–H and O–H groups in total. The van der Waals surface area contributed by atoms with Crippen molar-refractivity contribution in [3.05, 3.63) is 18.0 Å². The third-order valence-corrected chi connectivity index (χ3v) is 3.34. The van der Waals surface area contributed by atoms with Gasteiger partial charge in [0.15, 0.2) is 0 Å². The highest BCUT2D eigenvalue weighted by Crippen LogP contribution is 2.37. The summed E-state index contributed by atoms with van der Waals surface area (Å²) in [6.45, 7) is 0. The lowest BCUT2D eigenvalue weighted by molar-refractivity contribution is -0.0474. The molecule has 0 saturated heterocycles. The van der Waals surface area contributed by atoms with Gasteiger partial charge in [-0.05, 0) is 25.7 Å². The fourth-order valence-corrected chi connectivity index (χ4v) is 2.25. The highest BCUT2D eigenvalue weighted by molar-refractivity contribution is 5.16. The maximum atomic E-state index is 10.5. The van der Waals surface area contributed by atoms with E-state index in [0.717, 1.165) is 31.2 Å². The number of aromatic nitrogens is 2. The molecule has 1 aliphatic carbocycles. The molecule has 1 aromatic rings. The van der Waals surface area contributed by atoms with Gasteiger partial charge in [-0.1, -0.05) is 0 Å². The van der Waals surface area contributed by atoms with Gasteiger partial charge in [-0.15, -0.1) is 0 Å². The van der Waals surface area contributed by atoms with Crippen LogP contribution in [0.1, 0.15) is 31.2 Å². The molecule has 15 heavy (non-hydrogen) atoms. The van der Waals surface area contributed by atoms with Crippen molar-refractivity contribution in [3.63, 3.8) is 0 Å². The van der Waals surface area contributed by atoms with Crippen LogP contribution in [-0.2, 0) is 17.4 Å². The van der Waals surface area contributed by atoms with Crippen molar-refractivity contribution >= 4 is 0 Å². The molecule has 4 nitrogen and oxygen atoms in total. The predicted molar refractivity (Wildman–Crippen MR) is 56.4 cm³/mol. The normalized spacial score (nSPS) is 31.8. The van der Waals surface area contributed by atoms with E-state index >= 15 is 0 Å². The molecule has 1 aliphatic rings. The Morgan fingerprint density at radius 2 is 2.20 bits per heavy atom. The molecular formula is C11H18N2O2. The number of aryl methyl sites for hydroxylation is 1. The van der Waals surface area contributed by atoms with E-state index in [4.69, 9.17) is 4.74 Å². The lowest BCUT2D eigenvalue weighted by atomic mass is 9.80. The number of ether oxygens (including phenoxy) is 1. The Labute approximate surface area is 89.9 Å². The Hall–Kier alpha value is -0.870. The quantitative estimate of drug-likeness (QED) is 0.797. The standard InChI is InChI=1S/C11H18N2O2/c1-13-8-9(7-12-13)11(14)5-3-10(15-2)4-6-11/h7-8,10,14H,3-6H2,1-2H3. The van der Waals surface area contributed by atoms with Gasteiger partial charge in [-0.3, -0.25) is 4.68 Å². The molecule has 0 radical (unpaired) electrons. The van der Waals surface area contributed by atoms with Gasteiger partial charge in [-0.25, -0.2) is 0 Å². The van der Waals surface area contributed by atoms with E-state index in [1.807, 2.05) is 13.2 Å². The van der Waals surface area contributed by atoms with Crippen LogP contribution in [-0.4, -0.2) is 28.1 Å². The third-order valence-electron chi connectivity index (χ3n) is 3.34. The van der Waals surface area contributed by atoms with E-state index in [1.54, 1.807) is 18.0 Å². The zero-order chi connectivity index (χ0) is 10.9. The van der Waals surface area contributed by atoms with Gasteiger partial charge in [0.25, 0.3) is 0 Å². The molecule has 84 valence electrons. The molecule has 1 heterocycles. The number of aliphatic hydroxyl groups is 1. The summed E-state index contributed by atoms with van der Waals surface area (Å²) >= 11 is 0. The van der Waals surface area contributed by atoms with E-state index in [9.17, 15) is 5.11 Å². The number of hydrogen-bond donors (Lipinski definition) is 1. The van der Waals surface area contributed by atoms with Crippen molar-refractivity contribution in [2.24, 2.45) is 7.05 Å². The maximum absolute atomic E-state index is 10.5. The monoisotopic (exact) mass is 210 g/mol. The summed E-state index contributed by atoms with van der Waals surface area (Å²) in [4.78, 5) is 0. The second-order valence-electron chi connectivity index (χ2n) is 4.37. The largest absolute Gasteiger partial charge is 0.385 e. The van der Waals surface area contributed by atoms with Crippen molar-refractivity contribution in [1.82, 2.24) is 9.78 Å². The third kappa shape index (κ3) is 2.06. The Bertz CT molecular complexity index is 327. The summed E-state index contributed by atoms with van der Waals surface area (Å²) in [7, 11) is 3.60. The van der Waals surface area contributed by atoms with E-state index in [-0.39, 0.29) is 0 Å². The van der Waals surface area contributed by atoms with Crippen molar-refractivity contribution in [2.75, 3.05) is 7.11 Å². The first-order valence-corrected chi connectivity index (χ1v) is 5.38. The van der Waals surface area contributed by atoms with Gasteiger partial charge in [0.05, 0.1) is 17.9 Å². The van der Waals surface area contributed by atoms with E-state index in [0.29, 0.717) is 6.10 Å². The Morgan fingerprint density at radius 1 is 1.53 bits per heavy atom. The first-order valence-electron chi connectivity index (χ1n) is 5.38. The molecule has 4 heteroatoms. The molecule has 0 unspecified atom stereocenters. The minimum Gasteiger partial charge on any atom is -0.385 e. The molecule has 0 atom stereocenters. The van der Waals surface area contributed by atoms with Crippen molar-refractivity contribution in [1.29, 1.82) is 0 Å². The molecule has 0 spiro atoms. The molecule has 0 aliphatic heterocycles. The molecule has 0 amide bonds. The maximum Gasteiger partial charge on any atom is 0.0928 e. The van der Waals surface area contributed by atoms with Crippen LogP contribution >= 0.6 is 0 Å². The second-order valence-corrected chi connectivity index (χ2v) is 4.37. The van der Waals surface area contributed by atoms with Crippen LogP contribution in [0.2, 0.25) is 0 Å². The molecule has 1 aromatic heterocycles. The van der Waals surface area contributed by atoms with E-state index in [1.165, 1.54) is 0 Å². The van der Waals surface area contributed by atoms with E-state index in [2.05, 4.69) is 5.10 Å². The molecule has 2 rings (SSSR count). The summed E-state index contributed by atoms with van der Waals surface area (Å²) < 4.78 is 7.03.